The molecule has 0 bridgehead atoms. The second kappa shape index (κ2) is 6.54. The highest BCUT2D eigenvalue weighted by Crippen LogP contribution is 2.18. The lowest BCUT2D eigenvalue weighted by Crippen LogP contribution is -2.16. The molecule has 0 aliphatic carbocycles. The van der Waals surface area contributed by atoms with E-state index in [1.165, 1.54) is 57.5 Å². The van der Waals surface area contributed by atoms with Crippen LogP contribution in [0.2, 0.25) is 0 Å². The number of nitrogens with one attached hydrogen (secondary N) is 1. The lowest BCUT2D eigenvalue weighted by Gasteiger charge is -2.16. The highest BCUT2D eigenvalue weighted by molar-refractivity contribution is 5.46. The van der Waals surface area contributed by atoms with Gasteiger partial charge in [0.2, 0.25) is 0 Å². The zero-order valence-electron chi connectivity index (χ0n) is 9.99. The average molecular weight is 218 g/mol. The van der Waals surface area contributed by atoms with Crippen LogP contribution in [0.5, 0.6) is 0 Å². The SMILES string of the molecule is C1CCNC1.c1ccc(N2CCCC2)cc1. The molecule has 1 N–H and O–H groups in total. The summed E-state index contributed by atoms with van der Waals surface area (Å²) in [5, 5.41) is 3.22. The molecule has 2 fully saturated rings. The first-order valence-corrected chi connectivity index (χ1v) is 6.47. The molecule has 2 aliphatic heterocycles. The average Bonchev–Trinajstić information content (AvgIpc) is 3.07. The van der Waals surface area contributed by atoms with Crippen molar-refractivity contribution in [1.82, 2.24) is 5.32 Å². The van der Waals surface area contributed by atoms with Gasteiger partial charge < -0.3 is 10.2 Å². The fraction of sp³-hybridized carbons (Fsp3) is 0.571. The molecule has 16 heavy (non-hydrogen) atoms. The number of hydrogen-bond acceptors (Lipinski definition) is 2. The first kappa shape index (κ1) is 11.5. The van der Waals surface area contributed by atoms with Gasteiger partial charge in [0.1, 0.15) is 0 Å². The summed E-state index contributed by atoms with van der Waals surface area (Å²) in [6, 6.07) is 10.7. The van der Waals surface area contributed by atoms with Crippen molar-refractivity contribution in [2.24, 2.45) is 0 Å². The van der Waals surface area contributed by atoms with Crippen LogP contribution in [-0.2, 0) is 0 Å². The molecule has 0 saturated carbocycles. The van der Waals surface area contributed by atoms with Crippen molar-refractivity contribution in [3.8, 4) is 0 Å². The van der Waals surface area contributed by atoms with E-state index in [2.05, 4.69) is 40.5 Å². The number of nitrogens with zero attached hydrogens (tertiary/aromatic N) is 1. The van der Waals surface area contributed by atoms with E-state index >= 15 is 0 Å². The first-order valence-electron chi connectivity index (χ1n) is 6.47. The van der Waals surface area contributed by atoms with Gasteiger partial charge in [-0.1, -0.05) is 18.2 Å². The third-order valence-corrected chi connectivity index (χ3v) is 3.18. The van der Waals surface area contributed by atoms with Gasteiger partial charge >= 0.3 is 0 Å². The van der Waals surface area contributed by atoms with Gasteiger partial charge in [0.15, 0.2) is 0 Å². The molecule has 1 aromatic carbocycles. The van der Waals surface area contributed by atoms with Crippen molar-refractivity contribution in [2.45, 2.75) is 25.7 Å². The Morgan fingerprint density at radius 2 is 1.44 bits per heavy atom. The predicted octanol–water partition coefficient (Wildman–Crippen LogP) is 2.66. The Kier molecular flexibility index (Phi) is 4.69. The van der Waals surface area contributed by atoms with Crippen LogP contribution in [0, 0.1) is 0 Å². The van der Waals surface area contributed by atoms with Gasteiger partial charge in [0.25, 0.3) is 0 Å². The molecular weight excluding hydrogens is 196 g/mol. The lowest BCUT2D eigenvalue weighted by atomic mass is 10.3. The maximum atomic E-state index is 3.22. The van der Waals surface area contributed by atoms with Gasteiger partial charge in [-0.2, -0.15) is 0 Å². The third-order valence-electron chi connectivity index (χ3n) is 3.18. The molecule has 2 saturated heterocycles. The normalized spacial score (nSPS) is 19.4. The molecule has 88 valence electrons. The molecule has 2 aliphatic rings. The van der Waals surface area contributed by atoms with Crippen molar-refractivity contribution in [3.05, 3.63) is 30.3 Å². The smallest absolute Gasteiger partial charge is 0.0366 e. The summed E-state index contributed by atoms with van der Waals surface area (Å²) in [5.41, 5.74) is 1.38. The molecule has 0 amide bonds. The van der Waals surface area contributed by atoms with Crippen molar-refractivity contribution in [2.75, 3.05) is 31.1 Å². The summed E-state index contributed by atoms with van der Waals surface area (Å²) in [4.78, 5) is 2.44. The van der Waals surface area contributed by atoms with Crippen LogP contribution in [0.25, 0.3) is 0 Å². The standard InChI is InChI=1S/C10H13N.C4H9N/c1-2-6-10(7-3-1)11-8-4-5-9-11;1-2-4-5-3-1/h1-3,6-7H,4-5,8-9H2;5H,1-4H2. The monoisotopic (exact) mass is 218 g/mol. The summed E-state index contributed by atoms with van der Waals surface area (Å²) in [6.45, 7) is 4.98. The molecular formula is C14H22N2. The second-order valence-electron chi connectivity index (χ2n) is 4.49. The van der Waals surface area contributed by atoms with E-state index in [0.29, 0.717) is 0 Å². The number of anilines is 1. The number of rotatable bonds is 1. The Morgan fingerprint density at radius 3 is 1.94 bits per heavy atom. The van der Waals surface area contributed by atoms with Crippen LogP contribution in [0.3, 0.4) is 0 Å². The van der Waals surface area contributed by atoms with Crippen molar-refractivity contribution < 1.29 is 0 Å². The molecule has 0 radical (unpaired) electrons. The minimum atomic E-state index is 1.24. The summed E-state index contributed by atoms with van der Waals surface area (Å²) < 4.78 is 0. The van der Waals surface area contributed by atoms with Gasteiger partial charge in [0, 0.05) is 18.8 Å². The van der Waals surface area contributed by atoms with Gasteiger partial charge in [-0.25, -0.2) is 0 Å². The maximum Gasteiger partial charge on any atom is 0.0366 e. The topological polar surface area (TPSA) is 15.3 Å². The van der Waals surface area contributed by atoms with E-state index < -0.39 is 0 Å². The van der Waals surface area contributed by atoms with E-state index in [9.17, 15) is 0 Å². The Morgan fingerprint density at radius 1 is 0.812 bits per heavy atom. The quantitative estimate of drug-likeness (QED) is 0.779. The number of para-hydroxylation sites is 1. The number of hydrogen-bond donors (Lipinski definition) is 1. The molecule has 2 heterocycles. The first-order chi connectivity index (χ1) is 7.97. The van der Waals surface area contributed by atoms with Crippen molar-refractivity contribution in [1.29, 1.82) is 0 Å². The molecule has 2 nitrogen and oxygen atoms in total. The van der Waals surface area contributed by atoms with E-state index in [1.807, 2.05) is 0 Å². The predicted molar refractivity (Wildman–Crippen MR) is 70.0 cm³/mol. The molecule has 0 spiro atoms. The minimum Gasteiger partial charge on any atom is -0.372 e. The van der Waals surface area contributed by atoms with Gasteiger partial charge in [0.05, 0.1) is 0 Å². The largest absolute Gasteiger partial charge is 0.372 e. The summed E-state index contributed by atoms with van der Waals surface area (Å²) in [7, 11) is 0. The zero-order chi connectivity index (χ0) is 11.1. The number of benzene rings is 1. The zero-order valence-corrected chi connectivity index (χ0v) is 9.99. The Hall–Kier alpha value is -1.02. The molecule has 2 heteroatoms. The minimum absolute atomic E-state index is 1.24. The molecule has 0 unspecified atom stereocenters. The van der Waals surface area contributed by atoms with E-state index in [-0.39, 0.29) is 0 Å². The fourth-order valence-corrected chi connectivity index (χ4v) is 2.24. The van der Waals surface area contributed by atoms with Crippen LogP contribution < -0.4 is 10.2 Å². The van der Waals surface area contributed by atoms with Gasteiger partial charge in [-0.3, -0.25) is 0 Å². The lowest BCUT2D eigenvalue weighted by molar-refractivity contribution is 0.857. The van der Waals surface area contributed by atoms with Crippen molar-refractivity contribution in [3.63, 3.8) is 0 Å². The second-order valence-corrected chi connectivity index (χ2v) is 4.49. The Bertz CT molecular complexity index is 266. The third kappa shape index (κ3) is 3.53. The van der Waals surface area contributed by atoms with Crippen LogP contribution >= 0.6 is 0 Å². The van der Waals surface area contributed by atoms with Crippen LogP contribution in [-0.4, -0.2) is 26.2 Å². The molecule has 0 aromatic heterocycles. The fourth-order valence-electron chi connectivity index (χ4n) is 2.24. The van der Waals surface area contributed by atoms with Crippen molar-refractivity contribution >= 4 is 5.69 Å². The Labute approximate surface area is 98.7 Å². The Balaban J connectivity index is 0.000000162. The van der Waals surface area contributed by atoms with E-state index in [0.717, 1.165) is 0 Å². The van der Waals surface area contributed by atoms with Crippen LogP contribution in [0.1, 0.15) is 25.7 Å². The van der Waals surface area contributed by atoms with Gasteiger partial charge in [-0.15, -0.1) is 0 Å². The van der Waals surface area contributed by atoms with Crippen LogP contribution in [0.15, 0.2) is 30.3 Å². The highest BCUT2D eigenvalue weighted by atomic mass is 15.1. The van der Waals surface area contributed by atoms with E-state index in [1.54, 1.807) is 0 Å². The summed E-state index contributed by atoms with van der Waals surface area (Å²) >= 11 is 0. The summed E-state index contributed by atoms with van der Waals surface area (Å²) in [5.74, 6) is 0. The van der Waals surface area contributed by atoms with E-state index in [4.69, 9.17) is 0 Å². The van der Waals surface area contributed by atoms with Gasteiger partial charge in [-0.05, 0) is 50.9 Å². The maximum absolute atomic E-state index is 3.22. The molecule has 3 rings (SSSR count). The summed E-state index contributed by atoms with van der Waals surface area (Å²) in [6.07, 6.45) is 5.49. The molecule has 1 aromatic rings. The molecule has 0 atom stereocenters. The highest BCUT2D eigenvalue weighted by Gasteiger charge is 2.10. The van der Waals surface area contributed by atoms with Crippen LogP contribution in [0.4, 0.5) is 5.69 Å².